The van der Waals surface area contributed by atoms with Gasteiger partial charge in [-0.15, -0.1) is 11.8 Å². The first kappa shape index (κ1) is 26.0. The minimum atomic E-state index is -0.426. The summed E-state index contributed by atoms with van der Waals surface area (Å²) in [7, 11) is 1.89. The minimum Gasteiger partial charge on any atom is -0.506 e. The number of phenols is 1. The summed E-state index contributed by atoms with van der Waals surface area (Å²) < 4.78 is 7.42. The second-order valence-corrected chi connectivity index (χ2v) is 9.85. The van der Waals surface area contributed by atoms with Crippen molar-refractivity contribution in [3.8, 4) is 11.8 Å². The van der Waals surface area contributed by atoms with E-state index >= 15 is 0 Å². The van der Waals surface area contributed by atoms with Crippen molar-refractivity contribution in [1.29, 1.82) is 5.26 Å². The summed E-state index contributed by atoms with van der Waals surface area (Å²) in [6.07, 6.45) is 0. The Bertz CT molecular complexity index is 1260. The topological polar surface area (TPSA) is 102 Å². The average molecular weight is 509 g/mol. The van der Waals surface area contributed by atoms with Gasteiger partial charge in [0.1, 0.15) is 11.8 Å². The summed E-state index contributed by atoms with van der Waals surface area (Å²) in [5.41, 5.74) is 2.74. The lowest BCUT2D eigenvalue weighted by molar-refractivity contribution is 0.0527. The van der Waals surface area contributed by atoms with Gasteiger partial charge in [-0.3, -0.25) is 9.80 Å². The Labute approximate surface area is 215 Å². The number of esters is 1. The molecule has 3 aromatic rings. The first-order valence-corrected chi connectivity index (χ1v) is 13.1. The number of rotatable bonds is 9. The van der Waals surface area contributed by atoms with Crippen molar-refractivity contribution in [2.45, 2.75) is 24.1 Å². The minimum absolute atomic E-state index is 0.0822. The van der Waals surface area contributed by atoms with E-state index in [2.05, 4.69) is 15.9 Å². The predicted octanol–water partition coefficient (Wildman–Crippen LogP) is 3.33. The van der Waals surface area contributed by atoms with E-state index < -0.39 is 5.97 Å². The van der Waals surface area contributed by atoms with Gasteiger partial charge in [0, 0.05) is 73.6 Å². The van der Waals surface area contributed by atoms with Gasteiger partial charge < -0.3 is 19.5 Å². The van der Waals surface area contributed by atoms with Gasteiger partial charge in [-0.25, -0.2) is 4.79 Å². The fourth-order valence-corrected chi connectivity index (χ4v) is 5.74. The third-order valence-corrected chi connectivity index (χ3v) is 7.69. The molecule has 2 aromatic carbocycles. The number of hydrogen-bond donors (Lipinski definition) is 2. The highest BCUT2D eigenvalue weighted by molar-refractivity contribution is 7.98. The Morgan fingerprint density at radius 2 is 1.86 bits per heavy atom. The van der Waals surface area contributed by atoms with E-state index in [-0.39, 0.29) is 24.5 Å². The van der Waals surface area contributed by atoms with Crippen LogP contribution in [0.3, 0.4) is 0 Å². The van der Waals surface area contributed by atoms with Gasteiger partial charge >= 0.3 is 5.97 Å². The Hall–Kier alpha value is -3.03. The Morgan fingerprint density at radius 1 is 1.17 bits per heavy atom. The molecule has 0 spiro atoms. The first-order valence-electron chi connectivity index (χ1n) is 12.1. The lowest BCUT2D eigenvalue weighted by Gasteiger charge is -2.34. The summed E-state index contributed by atoms with van der Waals surface area (Å²) in [4.78, 5) is 18.8. The molecule has 8 nitrogen and oxygen atoms in total. The number of aliphatic hydroxyl groups excluding tert-OH is 1. The summed E-state index contributed by atoms with van der Waals surface area (Å²) in [6.45, 7) is 6.33. The molecule has 9 heteroatoms. The van der Waals surface area contributed by atoms with Crippen LogP contribution in [0, 0.1) is 11.3 Å². The number of carbonyl (C=O) groups is 1. The van der Waals surface area contributed by atoms with Crippen molar-refractivity contribution >= 4 is 28.6 Å². The van der Waals surface area contributed by atoms with Crippen molar-refractivity contribution in [2.24, 2.45) is 7.05 Å². The van der Waals surface area contributed by atoms with Crippen LogP contribution in [0.2, 0.25) is 0 Å². The van der Waals surface area contributed by atoms with E-state index in [1.54, 1.807) is 24.8 Å². The van der Waals surface area contributed by atoms with Crippen molar-refractivity contribution < 1.29 is 19.7 Å². The highest BCUT2D eigenvalue weighted by Crippen LogP contribution is 2.39. The summed E-state index contributed by atoms with van der Waals surface area (Å²) in [6, 6.07) is 13.8. The molecule has 1 aromatic heterocycles. The number of aryl methyl sites for hydroxylation is 1. The molecule has 1 aliphatic rings. The number of aliphatic hydroxyl groups is 1. The first-order chi connectivity index (χ1) is 17.5. The van der Waals surface area contributed by atoms with Crippen LogP contribution in [-0.2, 0) is 24.1 Å². The number of ether oxygens (including phenoxy) is 1. The molecule has 0 amide bonds. The molecule has 36 heavy (non-hydrogen) atoms. The number of thioether (sulfide) groups is 1. The molecule has 0 atom stereocenters. The summed E-state index contributed by atoms with van der Waals surface area (Å²) in [5.74, 6) is 0.0247. The van der Waals surface area contributed by atoms with Crippen molar-refractivity contribution in [1.82, 2.24) is 14.4 Å². The number of nitriles is 1. The molecule has 190 valence electrons. The van der Waals surface area contributed by atoms with Crippen molar-refractivity contribution in [3.63, 3.8) is 0 Å². The van der Waals surface area contributed by atoms with Gasteiger partial charge in [0.25, 0.3) is 0 Å². The largest absolute Gasteiger partial charge is 0.506 e. The monoisotopic (exact) mass is 508 g/mol. The molecule has 4 rings (SSSR count). The second-order valence-electron chi connectivity index (χ2n) is 8.80. The Morgan fingerprint density at radius 3 is 2.50 bits per heavy atom. The number of phenolic OH excluding ortho intramolecular Hbond substituents is 1. The molecule has 0 saturated carbocycles. The maximum absolute atomic E-state index is 13.3. The molecule has 1 aliphatic heterocycles. The lowest BCUT2D eigenvalue weighted by atomic mass is 9.99. The van der Waals surface area contributed by atoms with E-state index in [1.807, 2.05) is 41.9 Å². The van der Waals surface area contributed by atoms with Gasteiger partial charge in [-0.1, -0.05) is 18.2 Å². The zero-order chi connectivity index (χ0) is 25.7. The average Bonchev–Trinajstić information content (AvgIpc) is 3.17. The fourth-order valence-electron chi connectivity index (χ4n) is 4.75. The fraction of sp³-hybridized carbons (Fsp3) is 0.407. The van der Waals surface area contributed by atoms with Crippen LogP contribution < -0.4 is 0 Å². The van der Waals surface area contributed by atoms with Crippen LogP contribution in [0.25, 0.3) is 10.9 Å². The van der Waals surface area contributed by atoms with Crippen LogP contribution in [-0.4, -0.2) is 76.5 Å². The number of hydrogen-bond acceptors (Lipinski definition) is 8. The third kappa shape index (κ3) is 5.37. The molecule has 1 saturated heterocycles. The molecule has 2 N–H and O–H groups in total. The molecular weight excluding hydrogens is 476 g/mol. The standard InChI is InChI=1S/C27H32N4O4S/c1-3-35-27(34)25-23(18-36-20-7-5-4-6-8-20)29(2)22-15-19(16-28)26(33)21(24(22)25)17-31-11-9-30(10-12-31)13-14-32/h4-8,15,32-33H,3,9-14,17-18H2,1-2H3. The maximum Gasteiger partial charge on any atom is 0.340 e. The quantitative estimate of drug-likeness (QED) is 0.335. The number of nitrogens with zero attached hydrogens (tertiary/aromatic N) is 4. The number of benzene rings is 2. The highest BCUT2D eigenvalue weighted by Gasteiger charge is 2.29. The van der Waals surface area contributed by atoms with Crippen LogP contribution in [0.1, 0.15) is 34.1 Å². The normalized spacial score (nSPS) is 14.7. The predicted molar refractivity (Wildman–Crippen MR) is 140 cm³/mol. The van der Waals surface area contributed by atoms with Crippen LogP contribution in [0.4, 0.5) is 0 Å². The van der Waals surface area contributed by atoms with Crippen LogP contribution >= 0.6 is 11.8 Å². The number of aromatic hydroxyl groups is 1. The lowest BCUT2D eigenvalue weighted by Crippen LogP contribution is -2.46. The number of carbonyl (C=O) groups excluding carboxylic acids is 1. The van der Waals surface area contributed by atoms with E-state index in [9.17, 15) is 20.3 Å². The molecule has 0 bridgehead atoms. The van der Waals surface area contributed by atoms with E-state index in [4.69, 9.17) is 4.74 Å². The van der Waals surface area contributed by atoms with Gasteiger partial charge in [-0.2, -0.15) is 5.26 Å². The molecule has 0 radical (unpaired) electrons. The third-order valence-electron chi connectivity index (χ3n) is 6.67. The summed E-state index contributed by atoms with van der Waals surface area (Å²) in [5, 5.41) is 30.8. The van der Waals surface area contributed by atoms with Gasteiger partial charge in [-0.05, 0) is 25.1 Å². The zero-order valence-corrected chi connectivity index (χ0v) is 21.6. The molecule has 0 aliphatic carbocycles. The number of piperazine rings is 1. The highest BCUT2D eigenvalue weighted by atomic mass is 32.2. The SMILES string of the molecule is CCOC(=O)c1c(CSc2ccccc2)n(C)c2cc(C#N)c(O)c(CN3CCN(CCO)CC3)c12. The smallest absolute Gasteiger partial charge is 0.340 e. The van der Waals surface area contributed by atoms with E-state index in [1.165, 1.54) is 0 Å². The van der Waals surface area contributed by atoms with Crippen molar-refractivity contribution in [2.75, 3.05) is 45.9 Å². The zero-order valence-electron chi connectivity index (χ0n) is 20.7. The Balaban J connectivity index is 1.79. The van der Waals surface area contributed by atoms with Crippen molar-refractivity contribution in [3.05, 3.63) is 58.8 Å². The molecule has 2 heterocycles. The molecular formula is C27H32N4O4S. The maximum atomic E-state index is 13.3. The van der Waals surface area contributed by atoms with E-state index in [0.717, 1.165) is 42.3 Å². The van der Waals surface area contributed by atoms with Gasteiger partial charge in [0.05, 0.1) is 29.9 Å². The number of aromatic nitrogens is 1. The van der Waals surface area contributed by atoms with Crippen LogP contribution in [0.5, 0.6) is 5.75 Å². The Kier molecular flexibility index (Phi) is 8.54. The van der Waals surface area contributed by atoms with E-state index in [0.29, 0.717) is 35.4 Å². The van der Waals surface area contributed by atoms with Gasteiger partial charge in [0.15, 0.2) is 0 Å². The van der Waals surface area contributed by atoms with Gasteiger partial charge in [0.2, 0.25) is 0 Å². The second kappa shape index (κ2) is 11.8. The number of β-amino-alcohol motifs (C(OH)–C–C–N with tert-alkyl or cyclic N) is 1. The number of fused-ring (bicyclic) bond motifs is 1. The molecule has 0 unspecified atom stereocenters. The summed E-state index contributed by atoms with van der Waals surface area (Å²) >= 11 is 1.62. The van der Waals surface area contributed by atoms with Crippen LogP contribution in [0.15, 0.2) is 41.3 Å². The molecule has 1 fully saturated rings.